The van der Waals surface area contributed by atoms with Gasteiger partial charge in [0.2, 0.25) is 0 Å². The Labute approximate surface area is 141 Å². The van der Waals surface area contributed by atoms with Gasteiger partial charge in [-0.05, 0) is 62.7 Å². The number of benzene rings is 2. The second-order valence-corrected chi connectivity index (χ2v) is 6.35. The Bertz CT molecular complexity index is 764. The van der Waals surface area contributed by atoms with Crippen molar-refractivity contribution in [2.75, 3.05) is 0 Å². The largest absolute Gasteiger partial charge is 0.460 e. The zero-order valence-electron chi connectivity index (χ0n) is 14.0. The number of esters is 1. The number of hydrogen-bond acceptors (Lipinski definition) is 5. The van der Waals surface area contributed by atoms with Gasteiger partial charge in [0.25, 0.3) is 0 Å². The maximum Gasteiger partial charge on any atom is 0.311 e. The van der Waals surface area contributed by atoms with Crippen LogP contribution in [0.2, 0.25) is 0 Å². The number of hydrogen-bond donors (Lipinski definition) is 0. The summed E-state index contributed by atoms with van der Waals surface area (Å²) >= 11 is 0. The average molecular weight is 321 g/mol. The van der Waals surface area contributed by atoms with E-state index in [1.54, 1.807) is 24.3 Å². The molecule has 5 nitrogen and oxygen atoms in total. The standard InChI is InChI=1S/C19H19N3O2/c1-19(2,3)18(23)24-13-15-6-10-17(11-7-15)22-21-16-8-4-14(12-20)5-9-16/h4-11H,13H2,1-3H3/b22-21+. The average Bonchev–Trinajstić information content (AvgIpc) is 2.58. The predicted molar refractivity (Wildman–Crippen MR) is 91.0 cm³/mol. The zero-order chi connectivity index (χ0) is 17.6. The first-order chi connectivity index (χ1) is 11.4. The first-order valence-corrected chi connectivity index (χ1v) is 7.56. The van der Waals surface area contributed by atoms with Crippen LogP contribution in [0.4, 0.5) is 11.4 Å². The Kier molecular flexibility index (Phi) is 5.43. The first kappa shape index (κ1) is 17.4. The molecule has 0 saturated carbocycles. The molecule has 0 heterocycles. The lowest BCUT2D eigenvalue weighted by atomic mass is 9.97. The minimum absolute atomic E-state index is 0.230. The molecule has 0 radical (unpaired) electrons. The van der Waals surface area contributed by atoms with Crippen molar-refractivity contribution in [1.29, 1.82) is 5.26 Å². The smallest absolute Gasteiger partial charge is 0.311 e. The molecule has 0 amide bonds. The van der Waals surface area contributed by atoms with E-state index in [4.69, 9.17) is 10.00 Å². The van der Waals surface area contributed by atoms with Gasteiger partial charge in [0.15, 0.2) is 0 Å². The van der Waals surface area contributed by atoms with Crippen LogP contribution < -0.4 is 0 Å². The van der Waals surface area contributed by atoms with Crippen molar-refractivity contribution in [2.24, 2.45) is 15.6 Å². The van der Waals surface area contributed by atoms with Crippen LogP contribution >= 0.6 is 0 Å². The second kappa shape index (κ2) is 7.51. The summed E-state index contributed by atoms with van der Waals surface area (Å²) in [5, 5.41) is 17.0. The highest BCUT2D eigenvalue weighted by molar-refractivity contribution is 5.75. The van der Waals surface area contributed by atoms with Crippen LogP contribution in [0.5, 0.6) is 0 Å². The molecular formula is C19H19N3O2. The van der Waals surface area contributed by atoms with Gasteiger partial charge < -0.3 is 4.74 Å². The highest BCUT2D eigenvalue weighted by Gasteiger charge is 2.22. The molecule has 0 bridgehead atoms. The summed E-state index contributed by atoms with van der Waals surface area (Å²) in [5.41, 5.74) is 2.35. The summed E-state index contributed by atoms with van der Waals surface area (Å²) in [6.07, 6.45) is 0. The zero-order valence-corrected chi connectivity index (χ0v) is 14.0. The quantitative estimate of drug-likeness (QED) is 0.583. The first-order valence-electron chi connectivity index (χ1n) is 7.56. The van der Waals surface area contributed by atoms with E-state index in [9.17, 15) is 4.79 Å². The van der Waals surface area contributed by atoms with Gasteiger partial charge in [0.05, 0.1) is 28.4 Å². The monoisotopic (exact) mass is 321 g/mol. The van der Waals surface area contributed by atoms with E-state index in [0.29, 0.717) is 16.9 Å². The van der Waals surface area contributed by atoms with E-state index >= 15 is 0 Å². The molecule has 0 atom stereocenters. The Balaban J connectivity index is 1.95. The van der Waals surface area contributed by atoms with E-state index < -0.39 is 5.41 Å². The summed E-state index contributed by atoms with van der Waals surface area (Å²) in [7, 11) is 0. The van der Waals surface area contributed by atoms with Crippen LogP contribution in [0.15, 0.2) is 58.8 Å². The summed E-state index contributed by atoms with van der Waals surface area (Å²) in [5.74, 6) is -0.230. The molecule has 0 aliphatic rings. The maximum atomic E-state index is 11.7. The molecule has 2 aromatic carbocycles. The van der Waals surface area contributed by atoms with E-state index in [2.05, 4.69) is 16.3 Å². The molecule has 0 saturated heterocycles. The molecule has 0 aromatic heterocycles. The SMILES string of the molecule is CC(C)(C)C(=O)OCc1ccc(/N=N/c2ccc(C#N)cc2)cc1. The van der Waals surface area contributed by atoms with Gasteiger partial charge in [-0.25, -0.2) is 0 Å². The third-order valence-electron chi connectivity index (χ3n) is 3.20. The van der Waals surface area contributed by atoms with Gasteiger partial charge in [0.1, 0.15) is 6.61 Å². The number of azo groups is 1. The molecule has 0 aliphatic heterocycles. The minimum Gasteiger partial charge on any atom is -0.460 e. The van der Waals surface area contributed by atoms with Crippen molar-refractivity contribution >= 4 is 17.3 Å². The molecule has 5 heteroatoms. The third-order valence-corrected chi connectivity index (χ3v) is 3.20. The van der Waals surface area contributed by atoms with Gasteiger partial charge in [0, 0.05) is 0 Å². The number of carbonyl (C=O) groups is 1. The molecule has 0 N–H and O–H groups in total. The van der Waals surface area contributed by atoms with Crippen LogP contribution in [0.25, 0.3) is 0 Å². The number of nitrogens with zero attached hydrogens (tertiary/aromatic N) is 3. The topological polar surface area (TPSA) is 74.8 Å². The Hall–Kier alpha value is -3.00. The number of rotatable bonds is 4. The van der Waals surface area contributed by atoms with Gasteiger partial charge in [-0.15, -0.1) is 0 Å². The van der Waals surface area contributed by atoms with Crippen LogP contribution in [-0.4, -0.2) is 5.97 Å². The summed E-state index contributed by atoms with van der Waals surface area (Å²) in [6, 6.07) is 16.2. The van der Waals surface area contributed by atoms with E-state index in [1.165, 1.54) is 0 Å². The molecule has 122 valence electrons. The molecule has 24 heavy (non-hydrogen) atoms. The van der Waals surface area contributed by atoms with Crippen molar-refractivity contribution in [2.45, 2.75) is 27.4 Å². The molecule has 2 aromatic rings. The number of carbonyl (C=O) groups excluding carboxylic acids is 1. The normalized spacial score (nSPS) is 11.2. The lowest BCUT2D eigenvalue weighted by Gasteiger charge is -2.16. The molecule has 0 fully saturated rings. The van der Waals surface area contributed by atoms with Gasteiger partial charge >= 0.3 is 5.97 Å². The van der Waals surface area contributed by atoms with Crippen LogP contribution in [0, 0.1) is 16.7 Å². The Morgan fingerprint density at radius 2 is 1.50 bits per heavy atom. The van der Waals surface area contributed by atoms with Gasteiger partial charge in [-0.3, -0.25) is 4.79 Å². The fourth-order valence-corrected chi connectivity index (χ4v) is 1.74. The maximum absolute atomic E-state index is 11.7. The summed E-state index contributed by atoms with van der Waals surface area (Å²) < 4.78 is 5.26. The minimum atomic E-state index is -0.505. The van der Waals surface area contributed by atoms with Crippen LogP contribution in [0.1, 0.15) is 31.9 Å². The van der Waals surface area contributed by atoms with E-state index in [1.807, 2.05) is 45.0 Å². The number of nitriles is 1. The highest BCUT2D eigenvalue weighted by atomic mass is 16.5. The van der Waals surface area contributed by atoms with Crippen molar-refractivity contribution < 1.29 is 9.53 Å². The van der Waals surface area contributed by atoms with Crippen LogP contribution in [0.3, 0.4) is 0 Å². The predicted octanol–water partition coefficient (Wildman–Crippen LogP) is 5.06. The fourth-order valence-electron chi connectivity index (χ4n) is 1.74. The molecule has 0 aliphatic carbocycles. The molecule has 2 rings (SSSR count). The van der Waals surface area contributed by atoms with E-state index in [0.717, 1.165) is 5.56 Å². The fraction of sp³-hybridized carbons (Fsp3) is 0.263. The molecule has 0 spiro atoms. The third kappa shape index (κ3) is 5.03. The Morgan fingerprint density at radius 3 is 1.96 bits per heavy atom. The number of ether oxygens (including phenoxy) is 1. The van der Waals surface area contributed by atoms with Gasteiger partial charge in [-0.2, -0.15) is 15.5 Å². The lowest BCUT2D eigenvalue weighted by molar-refractivity contribution is -0.154. The van der Waals surface area contributed by atoms with Crippen LogP contribution in [-0.2, 0) is 16.1 Å². The van der Waals surface area contributed by atoms with Crippen molar-refractivity contribution in [3.63, 3.8) is 0 Å². The lowest BCUT2D eigenvalue weighted by Crippen LogP contribution is -2.22. The molecule has 0 unspecified atom stereocenters. The highest BCUT2D eigenvalue weighted by Crippen LogP contribution is 2.20. The van der Waals surface area contributed by atoms with Gasteiger partial charge in [-0.1, -0.05) is 12.1 Å². The van der Waals surface area contributed by atoms with Crippen molar-refractivity contribution in [3.8, 4) is 6.07 Å². The summed E-state index contributed by atoms with van der Waals surface area (Å²) in [4.78, 5) is 11.7. The Morgan fingerprint density at radius 1 is 1.00 bits per heavy atom. The molecular weight excluding hydrogens is 302 g/mol. The van der Waals surface area contributed by atoms with Crippen molar-refractivity contribution in [1.82, 2.24) is 0 Å². The van der Waals surface area contributed by atoms with Crippen molar-refractivity contribution in [3.05, 3.63) is 59.7 Å². The van der Waals surface area contributed by atoms with E-state index in [-0.39, 0.29) is 12.6 Å². The summed E-state index contributed by atoms with van der Waals surface area (Å²) in [6.45, 7) is 5.70. The second-order valence-electron chi connectivity index (χ2n) is 6.35.